The number of nitrogens with one attached hydrogen (secondary N) is 1. The molecule has 0 aliphatic carbocycles. The first-order chi connectivity index (χ1) is 18.0. The highest BCUT2D eigenvalue weighted by Crippen LogP contribution is 2.30. The summed E-state index contributed by atoms with van der Waals surface area (Å²) in [5, 5.41) is 3.10. The highest BCUT2D eigenvalue weighted by atomic mass is 16.6. The number of piperidine rings is 1. The van der Waals surface area contributed by atoms with Crippen molar-refractivity contribution in [3.8, 4) is 11.5 Å². The molecule has 1 aliphatic heterocycles. The lowest BCUT2D eigenvalue weighted by atomic mass is 9.98. The molecular formula is C29H40N4O5. The van der Waals surface area contributed by atoms with Crippen LogP contribution in [-0.4, -0.2) is 68.9 Å². The number of rotatable bonds is 6. The Kier molecular flexibility index (Phi) is 9.61. The average Bonchev–Trinajstić information content (AvgIpc) is 3.32. The van der Waals surface area contributed by atoms with Crippen LogP contribution in [0.3, 0.4) is 0 Å². The standard InChI is InChI=1S/C17H19N3O.C12H21NO4/c1-11-9-14(20(3)4)10-15-16(11)21-17(19-15)12-5-7-13(18-2)8-6-12;1-12(2,3)17-11(15)13-6-4-10(5-7-13)8-16-9-14/h5-10,18H,1-4H3;9-10H,4-8H2,1-3H3. The van der Waals surface area contributed by atoms with Crippen molar-refractivity contribution in [2.45, 2.75) is 46.1 Å². The third-order valence-corrected chi connectivity index (χ3v) is 6.26. The van der Waals surface area contributed by atoms with Crippen molar-refractivity contribution in [1.29, 1.82) is 0 Å². The van der Waals surface area contributed by atoms with Crippen LogP contribution in [-0.2, 0) is 14.3 Å². The first-order valence-electron chi connectivity index (χ1n) is 12.9. The van der Waals surface area contributed by atoms with E-state index < -0.39 is 5.60 Å². The van der Waals surface area contributed by atoms with Gasteiger partial charge in [-0.3, -0.25) is 4.79 Å². The van der Waals surface area contributed by atoms with E-state index in [1.807, 2.05) is 73.1 Å². The van der Waals surface area contributed by atoms with Crippen LogP contribution in [0.1, 0.15) is 39.2 Å². The number of ether oxygens (including phenoxy) is 2. The van der Waals surface area contributed by atoms with Crippen molar-refractivity contribution in [3.05, 3.63) is 42.0 Å². The zero-order valence-corrected chi connectivity index (χ0v) is 23.5. The first-order valence-corrected chi connectivity index (χ1v) is 12.9. The molecule has 3 aromatic rings. The van der Waals surface area contributed by atoms with Crippen LogP contribution in [0.4, 0.5) is 16.2 Å². The maximum absolute atomic E-state index is 11.8. The molecule has 1 aliphatic rings. The Hall–Kier alpha value is -3.75. The maximum Gasteiger partial charge on any atom is 0.410 e. The number of nitrogens with zero attached hydrogens (tertiary/aromatic N) is 3. The molecule has 1 aromatic heterocycles. The molecule has 1 saturated heterocycles. The summed E-state index contributed by atoms with van der Waals surface area (Å²) in [5.74, 6) is 1.02. The SMILES string of the molecule is CC(C)(C)OC(=O)N1CCC(COC=O)CC1.CNc1ccc(-c2nc3cc(N(C)C)cc(C)c3o2)cc1. The summed E-state index contributed by atoms with van der Waals surface area (Å²) < 4.78 is 16.0. The molecule has 206 valence electrons. The van der Waals surface area contributed by atoms with Crippen LogP contribution in [0.5, 0.6) is 0 Å². The van der Waals surface area contributed by atoms with Crippen LogP contribution in [0.25, 0.3) is 22.6 Å². The highest BCUT2D eigenvalue weighted by molar-refractivity contribution is 5.83. The van der Waals surface area contributed by atoms with Gasteiger partial charge in [0.15, 0.2) is 5.58 Å². The number of likely N-dealkylation sites (tertiary alicyclic amines) is 1. The van der Waals surface area contributed by atoms with Crippen LogP contribution < -0.4 is 10.2 Å². The minimum atomic E-state index is -0.450. The second kappa shape index (κ2) is 12.7. The normalized spacial score (nSPS) is 13.9. The number of carbonyl (C=O) groups excluding carboxylic acids is 2. The number of hydrogen-bond donors (Lipinski definition) is 1. The lowest BCUT2D eigenvalue weighted by Crippen LogP contribution is -2.42. The van der Waals surface area contributed by atoms with E-state index in [4.69, 9.17) is 13.9 Å². The van der Waals surface area contributed by atoms with Crippen LogP contribution in [0.15, 0.2) is 40.8 Å². The van der Waals surface area contributed by atoms with Crippen molar-refractivity contribution in [2.75, 3.05) is 51.1 Å². The fraction of sp³-hybridized carbons (Fsp3) is 0.483. The Morgan fingerprint density at radius 2 is 1.84 bits per heavy atom. The summed E-state index contributed by atoms with van der Waals surface area (Å²) in [6.07, 6.45) is 1.45. The number of benzene rings is 2. The average molecular weight is 525 g/mol. The molecule has 1 amide bonds. The predicted molar refractivity (Wildman–Crippen MR) is 151 cm³/mol. The quantitative estimate of drug-likeness (QED) is 0.409. The molecule has 0 saturated carbocycles. The third-order valence-electron chi connectivity index (χ3n) is 6.26. The molecule has 9 nitrogen and oxygen atoms in total. The van der Waals surface area contributed by atoms with Crippen molar-refractivity contribution in [2.24, 2.45) is 5.92 Å². The van der Waals surface area contributed by atoms with Gasteiger partial charge < -0.3 is 29.0 Å². The maximum atomic E-state index is 11.8. The van der Waals surface area contributed by atoms with Gasteiger partial charge in [-0.25, -0.2) is 9.78 Å². The molecule has 0 bridgehead atoms. The Bertz CT molecular complexity index is 1210. The van der Waals surface area contributed by atoms with Crippen LogP contribution in [0, 0.1) is 12.8 Å². The number of hydrogen-bond acceptors (Lipinski definition) is 8. The Morgan fingerprint density at radius 1 is 1.18 bits per heavy atom. The van der Waals surface area contributed by atoms with Crippen molar-refractivity contribution in [1.82, 2.24) is 9.88 Å². The smallest absolute Gasteiger partial charge is 0.410 e. The van der Waals surface area contributed by atoms with Gasteiger partial charge in [-0.1, -0.05) is 0 Å². The Morgan fingerprint density at radius 3 is 2.39 bits per heavy atom. The molecule has 0 unspecified atom stereocenters. The minimum absolute atomic E-state index is 0.257. The summed E-state index contributed by atoms with van der Waals surface area (Å²) in [7, 11) is 5.96. The van der Waals surface area contributed by atoms with E-state index in [-0.39, 0.29) is 6.09 Å². The van der Waals surface area contributed by atoms with E-state index in [0.29, 0.717) is 38.0 Å². The summed E-state index contributed by atoms with van der Waals surface area (Å²) in [6.45, 7) is 9.88. The van der Waals surface area contributed by atoms with Crippen LogP contribution >= 0.6 is 0 Å². The fourth-order valence-corrected chi connectivity index (χ4v) is 4.13. The summed E-state index contributed by atoms with van der Waals surface area (Å²) in [5.41, 5.74) is 5.58. The van der Waals surface area contributed by atoms with E-state index >= 15 is 0 Å². The Labute approximate surface area is 225 Å². The van der Waals surface area contributed by atoms with E-state index in [2.05, 4.69) is 27.3 Å². The van der Waals surface area contributed by atoms with Gasteiger partial charge in [0.05, 0.1) is 6.61 Å². The molecule has 4 rings (SSSR count). The van der Waals surface area contributed by atoms with Gasteiger partial charge in [0.1, 0.15) is 11.1 Å². The molecule has 2 heterocycles. The molecular weight excluding hydrogens is 484 g/mol. The van der Waals surface area contributed by atoms with Gasteiger partial charge in [-0.2, -0.15) is 0 Å². The van der Waals surface area contributed by atoms with Gasteiger partial charge in [-0.15, -0.1) is 0 Å². The van der Waals surface area contributed by atoms with E-state index in [1.54, 1.807) is 4.90 Å². The number of amides is 1. The van der Waals surface area contributed by atoms with Gasteiger partial charge in [0.2, 0.25) is 5.89 Å². The third kappa shape index (κ3) is 7.87. The predicted octanol–water partition coefficient (Wildman–Crippen LogP) is 5.72. The molecule has 0 radical (unpaired) electrons. The molecule has 9 heteroatoms. The number of oxazole rings is 1. The van der Waals surface area contributed by atoms with Crippen molar-refractivity contribution >= 4 is 35.0 Å². The molecule has 0 spiro atoms. The van der Waals surface area contributed by atoms with Gasteiger partial charge in [0.25, 0.3) is 6.47 Å². The number of anilines is 2. The van der Waals surface area contributed by atoms with Gasteiger partial charge in [-0.05, 0) is 88.4 Å². The zero-order chi connectivity index (χ0) is 27.9. The van der Waals surface area contributed by atoms with Gasteiger partial charge >= 0.3 is 6.09 Å². The fourth-order valence-electron chi connectivity index (χ4n) is 4.13. The summed E-state index contributed by atoms with van der Waals surface area (Å²) >= 11 is 0. The molecule has 0 atom stereocenters. The number of aryl methyl sites for hydroxylation is 1. The number of aromatic nitrogens is 1. The second-order valence-corrected chi connectivity index (χ2v) is 10.7. The van der Waals surface area contributed by atoms with Gasteiger partial charge in [0, 0.05) is 51.2 Å². The van der Waals surface area contributed by atoms with Crippen molar-refractivity contribution < 1.29 is 23.5 Å². The lowest BCUT2D eigenvalue weighted by Gasteiger charge is -2.33. The van der Waals surface area contributed by atoms with E-state index in [1.165, 1.54) is 0 Å². The number of fused-ring (bicyclic) bond motifs is 1. The topological polar surface area (TPSA) is 97.1 Å². The molecule has 38 heavy (non-hydrogen) atoms. The van der Waals surface area contributed by atoms with E-state index in [0.717, 1.165) is 46.4 Å². The summed E-state index contributed by atoms with van der Waals surface area (Å²) in [4.78, 5) is 30.2. The number of carbonyl (C=O) groups is 2. The first kappa shape index (κ1) is 28.8. The highest BCUT2D eigenvalue weighted by Gasteiger charge is 2.26. The van der Waals surface area contributed by atoms with Crippen molar-refractivity contribution in [3.63, 3.8) is 0 Å². The second-order valence-electron chi connectivity index (χ2n) is 10.7. The Balaban J connectivity index is 0.000000216. The largest absolute Gasteiger partial charge is 0.468 e. The lowest BCUT2D eigenvalue weighted by molar-refractivity contribution is -0.130. The minimum Gasteiger partial charge on any atom is -0.468 e. The summed E-state index contributed by atoms with van der Waals surface area (Å²) in [6, 6.07) is 12.2. The van der Waals surface area contributed by atoms with Crippen LogP contribution in [0.2, 0.25) is 0 Å². The zero-order valence-electron chi connectivity index (χ0n) is 23.5. The molecule has 2 aromatic carbocycles. The van der Waals surface area contributed by atoms with E-state index in [9.17, 15) is 9.59 Å². The molecule has 1 fully saturated rings. The molecule has 1 N–H and O–H groups in total. The monoisotopic (exact) mass is 524 g/mol.